The Hall–Kier alpha value is -2.04. The Labute approximate surface area is 113 Å². The first kappa shape index (κ1) is 15.0. The quantitative estimate of drug-likeness (QED) is 0.804. The summed E-state index contributed by atoms with van der Waals surface area (Å²) in [6, 6.07) is 7.62. The van der Waals surface area contributed by atoms with Gasteiger partial charge in [0.2, 0.25) is 5.91 Å². The number of benzene rings is 1. The van der Waals surface area contributed by atoms with Crippen LogP contribution in [0.3, 0.4) is 0 Å². The molecule has 1 rings (SSSR count). The van der Waals surface area contributed by atoms with Gasteiger partial charge < -0.3 is 4.74 Å². The van der Waals surface area contributed by atoms with Gasteiger partial charge in [-0.3, -0.25) is 10.2 Å². The van der Waals surface area contributed by atoms with E-state index in [2.05, 4.69) is 10.9 Å². The van der Waals surface area contributed by atoms with E-state index in [0.29, 0.717) is 0 Å². The molecule has 1 aromatic carbocycles. The Morgan fingerprint density at radius 2 is 1.68 bits per heavy atom. The average molecular weight is 264 g/mol. The Balaban J connectivity index is 2.36. The fourth-order valence-electron chi connectivity index (χ4n) is 1.36. The highest BCUT2D eigenvalue weighted by molar-refractivity contribution is 5.81. The lowest BCUT2D eigenvalue weighted by atomic mass is 10.1. The minimum atomic E-state index is -0.676. The van der Waals surface area contributed by atoms with Gasteiger partial charge in [0, 0.05) is 0 Å². The Bertz CT molecular complexity index is 447. The normalized spacial score (nSPS) is 10.7. The highest BCUT2D eigenvalue weighted by atomic mass is 16.6. The second kappa shape index (κ2) is 6.22. The molecule has 0 unspecified atom stereocenters. The molecule has 0 heterocycles. The van der Waals surface area contributed by atoms with Crippen molar-refractivity contribution in [3.63, 3.8) is 0 Å². The number of nitrogens with one attached hydrogen (secondary N) is 2. The molecule has 0 saturated carbocycles. The molecule has 5 heteroatoms. The molecule has 1 aromatic rings. The summed E-state index contributed by atoms with van der Waals surface area (Å²) in [4.78, 5) is 22.9. The van der Waals surface area contributed by atoms with Crippen LogP contribution in [-0.2, 0) is 16.0 Å². The third-order valence-electron chi connectivity index (χ3n) is 2.19. The molecule has 0 bridgehead atoms. The van der Waals surface area contributed by atoms with Gasteiger partial charge in [-0.05, 0) is 33.3 Å². The van der Waals surface area contributed by atoms with Crippen LogP contribution in [0.25, 0.3) is 0 Å². The summed E-state index contributed by atoms with van der Waals surface area (Å²) in [5, 5.41) is 0. The predicted molar refractivity (Wildman–Crippen MR) is 72.4 cm³/mol. The number of rotatable bonds is 2. The van der Waals surface area contributed by atoms with Crippen LogP contribution < -0.4 is 10.9 Å². The molecular formula is C14H20N2O3. The summed E-state index contributed by atoms with van der Waals surface area (Å²) < 4.78 is 4.99. The van der Waals surface area contributed by atoms with E-state index in [4.69, 9.17) is 4.74 Å². The van der Waals surface area contributed by atoms with Gasteiger partial charge in [-0.2, -0.15) is 0 Å². The number of hydrogen-bond donors (Lipinski definition) is 2. The van der Waals surface area contributed by atoms with Crippen molar-refractivity contribution < 1.29 is 14.3 Å². The van der Waals surface area contributed by atoms with Crippen LogP contribution in [0.2, 0.25) is 0 Å². The summed E-state index contributed by atoms with van der Waals surface area (Å²) in [5.74, 6) is -0.297. The second-order valence-electron chi connectivity index (χ2n) is 5.34. The van der Waals surface area contributed by atoms with Gasteiger partial charge in [0.15, 0.2) is 0 Å². The summed E-state index contributed by atoms with van der Waals surface area (Å²) >= 11 is 0. The number of aryl methyl sites for hydroxylation is 1. The molecule has 0 atom stereocenters. The minimum absolute atomic E-state index is 0.204. The fourth-order valence-corrected chi connectivity index (χ4v) is 1.36. The Kier molecular flexibility index (Phi) is 4.92. The first-order valence-electron chi connectivity index (χ1n) is 6.09. The SMILES string of the molecule is Cc1ccc(CC(=O)NNC(=O)OC(C)(C)C)cc1. The molecular weight excluding hydrogens is 244 g/mol. The molecule has 2 amide bonds. The van der Waals surface area contributed by atoms with Crippen molar-refractivity contribution >= 4 is 12.0 Å². The van der Waals surface area contributed by atoms with Gasteiger partial charge in [0.25, 0.3) is 0 Å². The van der Waals surface area contributed by atoms with E-state index in [1.165, 1.54) is 0 Å². The maximum atomic E-state index is 11.6. The molecule has 0 aliphatic heterocycles. The van der Waals surface area contributed by atoms with E-state index >= 15 is 0 Å². The van der Waals surface area contributed by atoms with Crippen LogP contribution in [-0.4, -0.2) is 17.6 Å². The molecule has 104 valence electrons. The summed E-state index contributed by atoms with van der Waals surface area (Å²) in [5.41, 5.74) is 5.94. The zero-order valence-corrected chi connectivity index (χ0v) is 11.7. The minimum Gasteiger partial charge on any atom is -0.443 e. The fraction of sp³-hybridized carbons (Fsp3) is 0.429. The lowest BCUT2D eigenvalue weighted by Crippen LogP contribution is -2.44. The zero-order chi connectivity index (χ0) is 14.5. The van der Waals surface area contributed by atoms with E-state index in [1.54, 1.807) is 20.8 Å². The van der Waals surface area contributed by atoms with Crippen molar-refractivity contribution in [2.45, 2.75) is 39.7 Å². The second-order valence-corrected chi connectivity index (χ2v) is 5.34. The molecule has 0 saturated heterocycles. The lowest BCUT2D eigenvalue weighted by molar-refractivity contribution is -0.121. The van der Waals surface area contributed by atoms with Gasteiger partial charge in [-0.25, -0.2) is 10.2 Å². The van der Waals surface area contributed by atoms with Crippen molar-refractivity contribution in [1.29, 1.82) is 0 Å². The molecule has 2 N–H and O–H groups in total. The van der Waals surface area contributed by atoms with Crippen LogP contribution in [0.1, 0.15) is 31.9 Å². The number of hydrazine groups is 1. The van der Waals surface area contributed by atoms with E-state index in [0.717, 1.165) is 11.1 Å². The highest BCUT2D eigenvalue weighted by Crippen LogP contribution is 2.06. The van der Waals surface area contributed by atoms with Gasteiger partial charge in [-0.1, -0.05) is 29.8 Å². The summed E-state index contributed by atoms with van der Waals surface area (Å²) in [6.45, 7) is 7.23. The Morgan fingerprint density at radius 3 is 2.21 bits per heavy atom. The van der Waals surface area contributed by atoms with E-state index in [9.17, 15) is 9.59 Å². The molecule has 0 radical (unpaired) electrons. The van der Waals surface area contributed by atoms with Crippen LogP contribution in [0.5, 0.6) is 0 Å². The van der Waals surface area contributed by atoms with Crippen molar-refractivity contribution in [3.8, 4) is 0 Å². The maximum absolute atomic E-state index is 11.6. The number of carbonyl (C=O) groups excluding carboxylic acids is 2. The lowest BCUT2D eigenvalue weighted by Gasteiger charge is -2.19. The monoisotopic (exact) mass is 264 g/mol. The maximum Gasteiger partial charge on any atom is 0.426 e. The van der Waals surface area contributed by atoms with E-state index < -0.39 is 11.7 Å². The number of amides is 2. The van der Waals surface area contributed by atoms with Crippen molar-refractivity contribution in [1.82, 2.24) is 10.9 Å². The standard InChI is InChI=1S/C14H20N2O3/c1-10-5-7-11(8-6-10)9-12(17)15-16-13(18)19-14(2,3)4/h5-8H,9H2,1-4H3,(H,15,17)(H,16,18). The molecule has 0 spiro atoms. The predicted octanol–water partition coefficient (Wildman–Crippen LogP) is 2.09. The topological polar surface area (TPSA) is 67.4 Å². The van der Waals surface area contributed by atoms with Crippen LogP contribution in [0.4, 0.5) is 4.79 Å². The van der Waals surface area contributed by atoms with Crippen molar-refractivity contribution in [2.24, 2.45) is 0 Å². The van der Waals surface area contributed by atoms with E-state index in [1.807, 2.05) is 31.2 Å². The molecule has 0 aromatic heterocycles. The zero-order valence-electron chi connectivity index (χ0n) is 11.7. The van der Waals surface area contributed by atoms with Gasteiger partial charge >= 0.3 is 6.09 Å². The van der Waals surface area contributed by atoms with Gasteiger partial charge in [-0.15, -0.1) is 0 Å². The molecule has 0 aliphatic rings. The van der Waals surface area contributed by atoms with Crippen molar-refractivity contribution in [2.75, 3.05) is 0 Å². The summed E-state index contributed by atoms with van der Waals surface area (Å²) in [7, 11) is 0. The van der Waals surface area contributed by atoms with Crippen LogP contribution in [0, 0.1) is 6.92 Å². The van der Waals surface area contributed by atoms with Gasteiger partial charge in [0.05, 0.1) is 6.42 Å². The third kappa shape index (κ3) is 6.45. The van der Waals surface area contributed by atoms with Crippen LogP contribution in [0.15, 0.2) is 24.3 Å². The van der Waals surface area contributed by atoms with Crippen molar-refractivity contribution in [3.05, 3.63) is 35.4 Å². The smallest absolute Gasteiger partial charge is 0.426 e. The first-order chi connectivity index (χ1) is 8.76. The van der Waals surface area contributed by atoms with Crippen LogP contribution >= 0.6 is 0 Å². The molecule has 0 fully saturated rings. The largest absolute Gasteiger partial charge is 0.443 e. The molecule has 19 heavy (non-hydrogen) atoms. The number of hydrogen-bond acceptors (Lipinski definition) is 3. The first-order valence-corrected chi connectivity index (χ1v) is 6.09. The highest BCUT2D eigenvalue weighted by Gasteiger charge is 2.16. The average Bonchev–Trinajstić information content (AvgIpc) is 2.27. The van der Waals surface area contributed by atoms with Gasteiger partial charge in [0.1, 0.15) is 5.60 Å². The number of carbonyl (C=O) groups is 2. The molecule has 0 aliphatic carbocycles. The summed E-state index contributed by atoms with van der Waals surface area (Å²) in [6.07, 6.45) is -0.472. The Morgan fingerprint density at radius 1 is 1.11 bits per heavy atom. The molecule has 5 nitrogen and oxygen atoms in total. The van der Waals surface area contributed by atoms with E-state index in [-0.39, 0.29) is 12.3 Å². The number of ether oxygens (including phenoxy) is 1. The third-order valence-corrected chi connectivity index (χ3v) is 2.19.